The Morgan fingerprint density at radius 3 is 2.64 bits per heavy atom. The van der Waals surface area contributed by atoms with Gasteiger partial charge in [0.1, 0.15) is 0 Å². The van der Waals surface area contributed by atoms with Gasteiger partial charge >= 0.3 is 0 Å². The molecule has 0 bridgehead atoms. The molecule has 1 atom stereocenters. The summed E-state index contributed by atoms with van der Waals surface area (Å²) < 4.78 is 4.87. The van der Waals surface area contributed by atoms with Gasteiger partial charge in [-0.1, -0.05) is 13.8 Å². The third kappa shape index (κ3) is 6.86. The number of amides is 1. The van der Waals surface area contributed by atoms with E-state index in [1.807, 2.05) is 0 Å². The number of carbonyl (C=O) groups is 1. The second-order valence-corrected chi connectivity index (χ2v) is 3.87. The predicted molar refractivity (Wildman–Crippen MR) is 56.9 cm³/mol. The molecule has 0 aliphatic carbocycles. The first kappa shape index (κ1) is 13.4. The minimum absolute atomic E-state index is 0.0604. The Hall–Kier alpha value is -0.610. The molecule has 3 N–H and O–H groups in total. The molecule has 1 amide bonds. The molecule has 4 nitrogen and oxygen atoms in total. The van der Waals surface area contributed by atoms with E-state index in [4.69, 9.17) is 10.5 Å². The maximum absolute atomic E-state index is 11.4. The summed E-state index contributed by atoms with van der Waals surface area (Å²) in [5.74, 6) is 0.393. The molecule has 0 saturated carbocycles. The average molecular weight is 202 g/mol. The molecule has 0 aliphatic heterocycles. The largest absolute Gasteiger partial charge is 0.385 e. The highest BCUT2D eigenvalue weighted by atomic mass is 16.5. The lowest BCUT2D eigenvalue weighted by Gasteiger charge is -2.13. The predicted octanol–water partition coefficient (Wildman–Crippen LogP) is 0.513. The lowest BCUT2D eigenvalue weighted by molar-refractivity contribution is -0.122. The second kappa shape index (κ2) is 7.76. The molecule has 0 fully saturated rings. The molecule has 84 valence electrons. The van der Waals surface area contributed by atoms with Gasteiger partial charge in [-0.15, -0.1) is 0 Å². The number of hydrogen-bond donors (Lipinski definition) is 2. The highest BCUT2D eigenvalue weighted by Crippen LogP contribution is 2.02. The summed E-state index contributed by atoms with van der Waals surface area (Å²) in [5, 5.41) is 2.78. The van der Waals surface area contributed by atoms with Crippen molar-refractivity contribution < 1.29 is 9.53 Å². The molecule has 0 rings (SSSR count). The molecule has 0 radical (unpaired) electrons. The van der Waals surface area contributed by atoms with Crippen molar-refractivity contribution >= 4 is 5.91 Å². The molecule has 0 aromatic rings. The zero-order valence-corrected chi connectivity index (χ0v) is 9.38. The summed E-state index contributed by atoms with van der Waals surface area (Å²) >= 11 is 0. The molecule has 0 spiro atoms. The van der Waals surface area contributed by atoms with Crippen LogP contribution in [0.4, 0.5) is 0 Å². The van der Waals surface area contributed by atoms with Gasteiger partial charge < -0.3 is 15.8 Å². The molecule has 14 heavy (non-hydrogen) atoms. The fourth-order valence-corrected chi connectivity index (χ4v) is 1.17. The van der Waals surface area contributed by atoms with Crippen LogP contribution in [0.5, 0.6) is 0 Å². The minimum atomic E-state index is -0.377. The zero-order chi connectivity index (χ0) is 11.0. The van der Waals surface area contributed by atoms with Crippen LogP contribution in [0.2, 0.25) is 0 Å². The van der Waals surface area contributed by atoms with E-state index in [-0.39, 0.29) is 11.9 Å². The second-order valence-electron chi connectivity index (χ2n) is 3.87. The first-order valence-corrected chi connectivity index (χ1v) is 5.10. The molecule has 0 aromatic heterocycles. The van der Waals surface area contributed by atoms with Gasteiger partial charge in [0.05, 0.1) is 6.04 Å². The topological polar surface area (TPSA) is 64.3 Å². The van der Waals surface area contributed by atoms with E-state index in [1.165, 1.54) is 0 Å². The quantitative estimate of drug-likeness (QED) is 0.591. The van der Waals surface area contributed by atoms with Gasteiger partial charge in [-0.05, 0) is 18.8 Å². The van der Waals surface area contributed by atoms with Crippen molar-refractivity contribution in [3.8, 4) is 0 Å². The van der Waals surface area contributed by atoms with Crippen LogP contribution in [0, 0.1) is 5.92 Å². The molecule has 4 heteroatoms. The van der Waals surface area contributed by atoms with Crippen molar-refractivity contribution in [2.45, 2.75) is 32.7 Å². The number of ether oxygens (including phenoxy) is 1. The first-order valence-electron chi connectivity index (χ1n) is 5.10. The van der Waals surface area contributed by atoms with Crippen LogP contribution >= 0.6 is 0 Å². The molecule has 0 saturated heterocycles. The van der Waals surface area contributed by atoms with Gasteiger partial charge in [0.2, 0.25) is 5.91 Å². The zero-order valence-electron chi connectivity index (χ0n) is 9.38. The van der Waals surface area contributed by atoms with Gasteiger partial charge in [0, 0.05) is 20.3 Å². The lowest BCUT2D eigenvalue weighted by Crippen LogP contribution is -2.41. The normalized spacial score (nSPS) is 12.9. The smallest absolute Gasteiger partial charge is 0.236 e. The van der Waals surface area contributed by atoms with E-state index in [0.717, 1.165) is 12.8 Å². The number of carbonyl (C=O) groups excluding carboxylic acids is 1. The minimum Gasteiger partial charge on any atom is -0.385 e. The van der Waals surface area contributed by atoms with E-state index < -0.39 is 0 Å². The summed E-state index contributed by atoms with van der Waals surface area (Å²) in [7, 11) is 1.65. The summed E-state index contributed by atoms with van der Waals surface area (Å²) in [6, 6.07) is -0.377. The number of nitrogens with two attached hydrogens (primary N) is 1. The molecule has 0 heterocycles. The van der Waals surface area contributed by atoms with E-state index in [9.17, 15) is 4.79 Å². The number of hydrogen-bond acceptors (Lipinski definition) is 3. The Bertz CT molecular complexity index is 160. The maximum Gasteiger partial charge on any atom is 0.236 e. The van der Waals surface area contributed by atoms with Crippen molar-refractivity contribution in [2.75, 3.05) is 20.3 Å². The van der Waals surface area contributed by atoms with Crippen molar-refractivity contribution in [1.82, 2.24) is 5.32 Å². The Morgan fingerprint density at radius 1 is 1.50 bits per heavy atom. The highest BCUT2D eigenvalue weighted by molar-refractivity contribution is 5.81. The van der Waals surface area contributed by atoms with Crippen molar-refractivity contribution in [3.05, 3.63) is 0 Å². The van der Waals surface area contributed by atoms with Crippen LogP contribution < -0.4 is 11.1 Å². The molecular formula is C10H22N2O2. The van der Waals surface area contributed by atoms with E-state index in [0.29, 0.717) is 19.1 Å². The third-order valence-electron chi connectivity index (χ3n) is 1.89. The van der Waals surface area contributed by atoms with Crippen LogP contribution in [0.3, 0.4) is 0 Å². The molecule has 0 aromatic carbocycles. The van der Waals surface area contributed by atoms with Gasteiger partial charge in [-0.25, -0.2) is 0 Å². The summed E-state index contributed by atoms with van der Waals surface area (Å²) in [5.41, 5.74) is 5.69. The van der Waals surface area contributed by atoms with Crippen molar-refractivity contribution in [2.24, 2.45) is 11.7 Å². The van der Waals surface area contributed by atoms with E-state index in [2.05, 4.69) is 19.2 Å². The van der Waals surface area contributed by atoms with Crippen LogP contribution in [0.25, 0.3) is 0 Å². The van der Waals surface area contributed by atoms with Crippen LogP contribution in [0.1, 0.15) is 26.7 Å². The molecule has 0 aliphatic rings. The highest BCUT2D eigenvalue weighted by Gasteiger charge is 2.13. The number of nitrogens with one attached hydrogen (secondary N) is 1. The van der Waals surface area contributed by atoms with Gasteiger partial charge in [0.25, 0.3) is 0 Å². The van der Waals surface area contributed by atoms with Gasteiger partial charge in [0.15, 0.2) is 0 Å². The monoisotopic (exact) mass is 202 g/mol. The number of rotatable bonds is 7. The van der Waals surface area contributed by atoms with Crippen molar-refractivity contribution in [3.63, 3.8) is 0 Å². The van der Waals surface area contributed by atoms with Crippen molar-refractivity contribution in [1.29, 1.82) is 0 Å². The third-order valence-corrected chi connectivity index (χ3v) is 1.89. The molecule has 0 unspecified atom stereocenters. The van der Waals surface area contributed by atoms with Crippen LogP contribution in [-0.2, 0) is 9.53 Å². The Morgan fingerprint density at radius 2 is 2.14 bits per heavy atom. The fourth-order valence-electron chi connectivity index (χ4n) is 1.17. The van der Waals surface area contributed by atoms with Gasteiger partial charge in [-0.3, -0.25) is 4.79 Å². The first-order chi connectivity index (χ1) is 6.57. The Labute approximate surface area is 86.2 Å². The summed E-state index contributed by atoms with van der Waals surface area (Å²) in [6.07, 6.45) is 1.56. The van der Waals surface area contributed by atoms with E-state index in [1.54, 1.807) is 7.11 Å². The SMILES string of the molecule is COCCCNC(=O)[C@H](N)CC(C)C. The van der Waals surface area contributed by atoms with Crippen LogP contribution in [0.15, 0.2) is 0 Å². The van der Waals surface area contributed by atoms with E-state index >= 15 is 0 Å². The summed E-state index contributed by atoms with van der Waals surface area (Å²) in [6.45, 7) is 5.41. The fraction of sp³-hybridized carbons (Fsp3) is 0.900. The Kier molecular flexibility index (Phi) is 7.42. The molecular weight excluding hydrogens is 180 g/mol. The van der Waals surface area contributed by atoms with Crippen LogP contribution in [-0.4, -0.2) is 32.2 Å². The lowest BCUT2D eigenvalue weighted by atomic mass is 10.0. The number of methoxy groups -OCH3 is 1. The average Bonchev–Trinajstić information content (AvgIpc) is 2.11. The summed E-state index contributed by atoms with van der Waals surface area (Å²) in [4.78, 5) is 11.4. The Balaban J connectivity index is 3.52. The standard InChI is InChI=1S/C10H22N2O2/c1-8(2)7-9(11)10(13)12-5-4-6-14-3/h8-9H,4-7,11H2,1-3H3,(H,12,13)/t9-/m1/s1. The maximum atomic E-state index is 11.4. The van der Waals surface area contributed by atoms with Gasteiger partial charge in [-0.2, -0.15) is 0 Å².